The van der Waals surface area contributed by atoms with Gasteiger partial charge in [-0.05, 0) is 38.5 Å². The van der Waals surface area contributed by atoms with E-state index in [1.807, 2.05) is 0 Å². The molecule has 0 saturated carbocycles. The van der Waals surface area contributed by atoms with Crippen molar-refractivity contribution in [1.29, 1.82) is 0 Å². The van der Waals surface area contributed by atoms with Crippen LogP contribution in [0.2, 0.25) is 0 Å². The minimum absolute atomic E-state index is 0.0252. The number of anilines is 2. The summed E-state index contributed by atoms with van der Waals surface area (Å²) in [6.07, 6.45) is 5.06. The Morgan fingerprint density at radius 3 is 1.95 bits per heavy atom. The molecule has 0 aliphatic rings. The van der Waals surface area contributed by atoms with Gasteiger partial charge in [0.05, 0.1) is 7.18 Å². The van der Waals surface area contributed by atoms with Gasteiger partial charge in [-0.2, -0.15) is 17.6 Å². The summed E-state index contributed by atoms with van der Waals surface area (Å²) < 4.78 is 110. The quantitative estimate of drug-likeness (QED) is 0.0722. The first-order chi connectivity index (χ1) is 19.2. The summed E-state index contributed by atoms with van der Waals surface area (Å²) in [5.74, 6) is -10.5. The summed E-state index contributed by atoms with van der Waals surface area (Å²) in [5.41, 5.74) is 3.81. The molecule has 15 heteroatoms. The zero-order valence-corrected chi connectivity index (χ0v) is 26.7. The molecule has 1 rings (SSSR count). The third-order valence-electron chi connectivity index (χ3n) is 6.11. The fraction of sp³-hybridized carbons (Fsp3) is 0.741. The molecule has 0 radical (unpaired) electrons. The second-order valence-corrected chi connectivity index (χ2v) is 12.8. The van der Waals surface area contributed by atoms with Crippen molar-refractivity contribution < 1.29 is 49.2 Å². The highest BCUT2D eigenvalue weighted by Gasteiger charge is 2.65. The van der Waals surface area contributed by atoms with Crippen LogP contribution in [0.4, 0.5) is 46.5 Å². The summed E-state index contributed by atoms with van der Waals surface area (Å²) >= 11 is 0. The molecule has 1 aromatic rings. The van der Waals surface area contributed by atoms with E-state index in [-0.39, 0.29) is 16.9 Å². The molecule has 0 aromatic heterocycles. The van der Waals surface area contributed by atoms with Crippen molar-refractivity contribution in [3.05, 3.63) is 23.8 Å². The molecular formula is C27H45F8N2O3PS. The SMILES string of the molecule is CCCCCCCCC[C@](C)(O)C(=O)Nc1ccc(N)c(C(F)F)c1.CF.CS(=O)CCC(F)(F)C(F)(F)C(C)(F)P. The number of nitrogen functional groups attached to an aromatic ring is 1. The molecule has 42 heavy (non-hydrogen) atoms. The lowest BCUT2D eigenvalue weighted by molar-refractivity contribution is -0.245. The number of aliphatic hydroxyl groups is 1. The van der Waals surface area contributed by atoms with Crippen LogP contribution >= 0.6 is 9.24 Å². The van der Waals surface area contributed by atoms with Gasteiger partial charge < -0.3 is 16.2 Å². The van der Waals surface area contributed by atoms with Gasteiger partial charge in [-0.3, -0.25) is 13.4 Å². The van der Waals surface area contributed by atoms with Crippen LogP contribution in [0.3, 0.4) is 0 Å². The van der Waals surface area contributed by atoms with Crippen molar-refractivity contribution >= 4 is 37.3 Å². The van der Waals surface area contributed by atoms with Crippen molar-refractivity contribution in [1.82, 2.24) is 0 Å². The molecular weight excluding hydrogens is 615 g/mol. The largest absolute Gasteiger partial charge is 0.398 e. The molecule has 4 N–H and O–H groups in total. The Morgan fingerprint density at radius 1 is 1.00 bits per heavy atom. The molecule has 0 heterocycles. The smallest absolute Gasteiger partial charge is 0.346 e. The van der Waals surface area contributed by atoms with Gasteiger partial charge in [-0.15, -0.1) is 0 Å². The fourth-order valence-corrected chi connectivity index (χ4v) is 4.19. The van der Waals surface area contributed by atoms with Crippen LogP contribution in [0.15, 0.2) is 18.2 Å². The van der Waals surface area contributed by atoms with Gasteiger partial charge in [0.15, 0.2) is 5.41 Å². The van der Waals surface area contributed by atoms with Gasteiger partial charge in [0.1, 0.15) is 5.60 Å². The highest BCUT2D eigenvalue weighted by atomic mass is 32.2. The number of hydrogen-bond donors (Lipinski definition) is 3. The summed E-state index contributed by atoms with van der Waals surface area (Å²) in [7, 11) is -0.0668. The van der Waals surface area contributed by atoms with Gasteiger partial charge in [-0.1, -0.05) is 61.1 Å². The third kappa shape index (κ3) is 15.3. The van der Waals surface area contributed by atoms with Crippen molar-refractivity contribution in [2.45, 2.75) is 108 Å². The summed E-state index contributed by atoms with van der Waals surface area (Å²) in [6.45, 7) is 3.97. The maximum atomic E-state index is 12.9. The highest BCUT2D eigenvalue weighted by molar-refractivity contribution is 7.84. The van der Waals surface area contributed by atoms with Crippen LogP contribution in [-0.4, -0.2) is 57.3 Å². The number of hydrogen-bond acceptors (Lipinski definition) is 4. The number of unbranched alkanes of at least 4 members (excludes halogenated alkanes) is 6. The summed E-state index contributed by atoms with van der Waals surface area (Å²) in [6, 6.07) is 3.91. The average Bonchev–Trinajstić information content (AvgIpc) is 2.88. The number of carbonyl (C=O) groups is 1. The number of rotatable bonds is 16. The van der Waals surface area contributed by atoms with Crippen LogP contribution in [0.5, 0.6) is 0 Å². The van der Waals surface area contributed by atoms with Crippen LogP contribution in [0.25, 0.3) is 0 Å². The number of carbonyl (C=O) groups excluding carboxylic acids is 1. The van der Waals surface area contributed by atoms with Gasteiger partial charge in [0.2, 0.25) is 0 Å². The fourth-order valence-electron chi connectivity index (χ4n) is 3.43. The Morgan fingerprint density at radius 2 is 1.50 bits per heavy atom. The minimum Gasteiger partial charge on any atom is -0.398 e. The van der Waals surface area contributed by atoms with E-state index in [9.17, 15) is 49.2 Å². The van der Waals surface area contributed by atoms with Crippen LogP contribution < -0.4 is 11.1 Å². The predicted octanol–water partition coefficient (Wildman–Crippen LogP) is 8.21. The number of amides is 1. The predicted molar refractivity (Wildman–Crippen MR) is 157 cm³/mol. The van der Waals surface area contributed by atoms with Crippen LogP contribution in [-0.2, 0) is 15.6 Å². The number of nitrogens with two attached hydrogens (primary N) is 1. The lowest BCUT2D eigenvalue weighted by Crippen LogP contribution is -2.52. The molecule has 0 spiro atoms. The third-order valence-corrected chi connectivity index (χ3v) is 7.25. The second-order valence-electron chi connectivity index (χ2n) is 10.1. The van der Waals surface area contributed by atoms with Crippen LogP contribution in [0.1, 0.15) is 90.5 Å². The lowest BCUT2D eigenvalue weighted by Gasteiger charge is -2.33. The molecule has 248 valence electrons. The molecule has 0 saturated heterocycles. The maximum Gasteiger partial charge on any atom is 0.346 e. The molecule has 4 atom stereocenters. The van der Waals surface area contributed by atoms with E-state index in [1.54, 1.807) is 0 Å². The maximum absolute atomic E-state index is 12.9. The second kappa shape index (κ2) is 19.7. The van der Waals surface area contributed by atoms with E-state index in [1.165, 1.54) is 44.7 Å². The first-order valence-electron chi connectivity index (χ1n) is 13.3. The van der Waals surface area contributed by atoms with E-state index in [4.69, 9.17) is 5.73 Å². The average molecular weight is 661 g/mol. The van der Waals surface area contributed by atoms with Gasteiger partial charge in [0, 0.05) is 46.2 Å². The van der Waals surface area contributed by atoms with Crippen molar-refractivity contribution in [3.8, 4) is 0 Å². The standard InChI is InChI=1S/C19H30F2N2O2.C7H12F5OPS.CH3F/c1-3-4-5-6-7-8-9-12-19(2,25)18(24)23-14-10-11-16(22)15(13-14)17(20)21;1-5(8,14)7(11,12)6(9,10)3-4-15(2)13;1-2/h10-11,13,17,25H,3-9,12,22H2,1-2H3,(H,23,24);3-4,14H2,1-2H3;1H3/t19-;;/m0../s1. The Kier molecular flexibility index (Phi) is 20.0. The zero-order valence-electron chi connectivity index (χ0n) is 24.7. The number of alkyl halides is 8. The van der Waals surface area contributed by atoms with E-state index in [0.29, 0.717) is 20.5 Å². The molecule has 1 aromatic carbocycles. The first-order valence-corrected chi connectivity index (χ1v) is 15.6. The topological polar surface area (TPSA) is 92.4 Å². The Balaban J connectivity index is 0. The van der Waals surface area contributed by atoms with Gasteiger partial charge in [0.25, 0.3) is 12.3 Å². The molecule has 1 amide bonds. The first kappa shape index (κ1) is 42.6. The van der Waals surface area contributed by atoms with Crippen LogP contribution in [0, 0.1) is 0 Å². The van der Waals surface area contributed by atoms with E-state index in [2.05, 4.69) is 12.2 Å². The normalized spacial score (nSPS) is 15.3. The zero-order chi connectivity index (χ0) is 33.4. The Bertz CT molecular complexity index is 948. The van der Waals surface area contributed by atoms with E-state index in [0.717, 1.165) is 40.8 Å². The number of benzene rings is 1. The van der Waals surface area contributed by atoms with E-state index >= 15 is 0 Å². The molecule has 0 bridgehead atoms. The number of nitrogens with one attached hydrogen (secondary N) is 1. The van der Waals surface area contributed by atoms with Crippen molar-refractivity contribution in [2.24, 2.45) is 0 Å². The van der Waals surface area contributed by atoms with E-state index < -0.39 is 58.2 Å². The molecule has 3 unspecified atom stereocenters. The number of halogens is 8. The summed E-state index contributed by atoms with van der Waals surface area (Å²) in [4.78, 5) is 12.2. The summed E-state index contributed by atoms with van der Waals surface area (Å²) in [5, 5.41) is 9.43. The van der Waals surface area contributed by atoms with Gasteiger partial charge >= 0.3 is 11.8 Å². The Labute approximate surface area is 248 Å². The molecule has 0 aliphatic heterocycles. The molecule has 0 aliphatic carbocycles. The lowest BCUT2D eigenvalue weighted by atomic mass is 9.96. The Hall–Kier alpha value is -1.53. The highest BCUT2D eigenvalue weighted by Crippen LogP contribution is 2.49. The van der Waals surface area contributed by atoms with Crippen molar-refractivity contribution in [3.63, 3.8) is 0 Å². The monoisotopic (exact) mass is 660 g/mol. The molecule has 5 nitrogen and oxygen atoms in total. The minimum atomic E-state index is -4.80. The van der Waals surface area contributed by atoms with Crippen molar-refractivity contribution in [2.75, 3.05) is 30.2 Å². The van der Waals surface area contributed by atoms with Gasteiger partial charge in [-0.25, -0.2) is 13.2 Å². The molecule has 0 fully saturated rings.